The quantitative estimate of drug-likeness (QED) is 0.0320. The van der Waals surface area contributed by atoms with Gasteiger partial charge < -0.3 is 20.3 Å². The molecule has 0 bridgehead atoms. The van der Waals surface area contributed by atoms with Gasteiger partial charge in [0.15, 0.2) is 0 Å². The number of rotatable bonds is 71. The van der Waals surface area contributed by atoms with Crippen molar-refractivity contribution in [3.05, 3.63) is 12.2 Å². The maximum Gasteiger partial charge on any atom is 0.305 e. The lowest BCUT2D eigenvalue weighted by Crippen LogP contribution is -2.45. The van der Waals surface area contributed by atoms with Gasteiger partial charge >= 0.3 is 5.97 Å². The van der Waals surface area contributed by atoms with Crippen molar-refractivity contribution in [1.29, 1.82) is 0 Å². The second-order valence-electron chi connectivity index (χ2n) is 26.0. The van der Waals surface area contributed by atoms with Crippen molar-refractivity contribution < 1.29 is 24.5 Å². The minimum absolute atomic E-state index is 0.0149. The van der Waals surface area contributed by atoms with Gasteiger partial charge in [0.1, 0.15) is 0 Å². The molecule has 2 atom stereocenters. The highest BCUT2D eigenvalue weighted by Gasteiger charge is 2.20. The summed E-state index contributed by atoms with van der Waals surface area (Å²) in [6, 6.07) is -0.536. The Morgan fingerprint density at radius 3 is 0.889 bits per heavy atom. The van der Waals surface area contributed by atoms with Crippen LogP contribution in [0, 0.1) is 0 Å². The second kappa shape index (κ2) is 71.1. The van der Waals surface area contributed by atoms with E-state index in [1.807, 2.05) is 0 Å². The zero-order valence-corrected chi connectivity index (χ0v) is 55.3. The maximum atomic E-state index is 12.5. The van der Waals surface area contributed by atoms with E-state index in [1.165, 1.54) is 353 Å². The van der Waals surface area contributed by atoms with Gasteiger partial charge in [-0.05, 0) is 51.4 Å². The predicted molar refractivity (Wildman–Crippen MR) is 357 cm³/mol. The molecule has 0 aliphatic heterocycles. The minimum atomic E-state index is -0.659. The van der Waals surface area contributed by atoms with Gasteiger partial charge in [-0.25, -0.2) is 0 Å². The summed E-state index contributed by atoms with van der Waals surface area (Å²) >= 11 is 0. The number of allylic oxidation sites excluding steroid dienone is 2. The van der Waals surface area contributed by atoms with Crippen LogP contribution in [-0.4, -0.2) is 47.4 Å². The van der Waals surface area contributed by atoms with Crippen LogP contribution in [0.1, 0.15) is 431 Å². The zero-order chi connectivity index (χ0) is 58.5. The molecule has 0 aromatic heterocycles. The monoisotopic (exact) mass is 1140 g/mol. The standard InChI is InChI=1S/C75H147NO5/c1-3-5-7-9-11-13-15-17-44-47-51-55-59-63-67-73(78)72(71-77)76-74(79)68-64-60-56-52-48-45-41-39-37-35-33-31-29-27-25-23-21-19-18-20-22-24-26-28-30-32-34-36-38-40-42-46-50-54-58-62-66-70-81-75(80)69-65-61-57-53-49-43-16-14-12-10-8-6-4-2/h14,16,72-73,77-78H,3-13,15,17-71H2,1-2H3,(H,76,79)/b16-14-. The van der Waals surface area contributed by atoms with Crippen LogP contribution in [0.15, 0.2) is 12.2 Å². The number of nitrogens with one attached hydrogen (secondary N) is 1. The Morgan fingerprint density at radius 2 is 0.580 bits per heavy atom. The highest BCUT2D eigenvalue weighted by molar-refractivity contribution is 5.76. The number of hydrogen-bond donors (Lipinski definition) is 3. The van der Waals surface area contributed by atoms with Crippen molar-refractivity contribution in [3.8, 4) is 0 Å². The molecule has 6 heteroatoms. The molecule has 81 heavy (non-hydrogen) atoms. The molecule has 0 aliphatic rings. The molecule has 6 nitrogen and oxygen atoms in total. The Morgan fingerprint density at radius 1 is 0.333 bits per heavy atom. The summed E-state index contributed by atoms with van der Waals surface area (Å²) in [5.41, 5.74) is 0. The second-order valence-corrected chi connectivity index (χ2v) is 26.0. The number of amides is 1. The SMILES string of the molecule is CCCCCC/C=C\CCCCCCCC(=O)OCCCCCCCCCCCCCCCCCCCCCCCCCCCCCCCCCCCCCCCC(=O)NC(CO)C(O)CCCCCCCCCCCCCCCC. The first-order valence-electron chi connectivity index (χ1n) is 37.4. The summed E-state index contributed by atoms with van der Waals surface area (Å²) in [5, 5.41) is 23.3. The summed E-state index contributed by atoms with van der Waals surface area (Å²) in [4.78, 5) is 24.6. The number of esters is 1. The van der Waals surface area contributed by atoms with E-state index in [9.17, 15) is 19.8 Å². The van der Waals surface area contributed by atoms with Gasteiger partial charge in [0.25, 0.3) is 0 Å². The first kappa shape index (κ1) is 79.6. The summed E-state index contributed by atoms with van der Waals surface area (Å²) in [6.45, 7) is 4.98. The van der Waals surface area contributed by atoms with Crippen LogP contribution in [0.2, 0.25) is 0 Å². The van der Waals surface area contributed by atoms with E-state index in [-0.39, 0.29) is 18.5 Å². The third kappa shape index (κ3) is 67.6. The molecular weight excluding hydrogens is 995 g/mol. The van der Waals surface area contributed by atoms with E-state index >= 15 is 0 Å². The van der Waals surface area contributed by atoms with Crippen LogP contribution in [0.5, 0.6) is 0 Å². The first-order chi connectivity index (χ1) is 40.0. The van der Waals surface area contributed by atoms with Crippen molar-refractivity contribution in [2.45, 2.75) is 443 Å². The molecule has 1 amide bonds. The summed E-state index contributed by atoms with van der Waals surface area (Å²) in [7, 11) is 0. The summed E-state index contributed by atoms with van der Waals surface area (Å²) in [5.74, 6) is -0.0111. The maximum absolute atomic E-state index is 12.5. The Hall–Kier alpha value is -1.40. The van der Waals surface area contributed by atoms with Gasteiger partial charge in [0, 0.05) is 12.8 Å². The molecule has 0 spiro atoms. The molecule has 0 aromatic rings. The topological polar surface area (TPSA) is 95.9 Å². The molecule has 0 rings (SSSR count). The molecular formula is C75H147NO5. The van der Waals surface area contributed by atoms with Crippen LogP contribution in [0.3, 0.4) is 0 Å². The molecule has 0 aromatic carbocycles. The highest BCUT2D eigenvalue weighted by Crippen LogP contribution is 2.20. The highest BCUT2D eigenvalue weighted by atomic mass is 16.5. The van der Waals surface area contributed by atoms with Gasteiger partial charge in [-0.15, -0.1) is 0 Å². The lowest BCUT2D eigenvalue weighted by molar-refractivity contribution is -0.143. The van der Waals surface area contributed by atoms with E-state index in [0.717, 1.165) is 44.9 Å². The lowest BCUT2D eigenvalue weighted by atomic mass is 10.0. The summed E-state index contributed by atoms with van der Waals surface area (Å²) < 4.78 is 5.49. The van der Waals surface area contributed by atoms with Gasteiger partial charge in [-0.3, -0.25) is 9.59 Å². The van der Waals surface area contributed by atoms with Crippen molar-refractivity contribution in [3.63, 3.8) is 0 Å². The van der Waals surface area contributed by atoms with E-state index in [0.29, 0.717) is 25.9 Å². The Kier molecular flexibility index (Phi) is 69.9. The molecule has 0 saturated carbocycles. The molecule has 2 unspecified atom stereocenters. The Labute approximate surface area is 508 Å². The van der Waals surface area contributed by atoms with Gasteiger partial charge in [0.2, 0.25) is 5.91 Å². The van der Waals surface area contributed by atoms with Gasteiger partial charge in [-0.2, -0.15) is 0 Å². The Balaban J connectivity index is 3.28. The van der Waals surface area contributed by atoms with Crippen molar-refractivity contribution in [2.24, 2.45) is 0 Å². The van der Waals surface area contributed by atoms with E-state index in [1.54, 1.807) is 0 Å². The fourth-order valence-electron chi connectivity index (χ4n) is 12.1. The number of aliphatic hydroxyl groups is 2. The number of aliphatic hydroxyl groups excluding tert-OH is 2. The molecule has 0 radical (unpaired) electrons. The number of carbonyl (C=O) groups is 2. The van der Waals surface area contributed by atoms with E-state index in [4.69, 9.17) is 4.74 Å². The minimum Gasteiger partial charge on any atom is -0.466 e. The first-order valence-corrected chi connectivity index (χ1v) is 37.4. The molecule has 0 saturated heterocycles. The molecule has 3 N–H and O–H groups in total. The fraction of sp³-hybridized carbons (Fsp3) is 0.947. The molecule has 0 fully saturated rings. The molecule has 0 heterocycles. The van der Waals surface area contributed by atoms with Crippen LogP contribution in [-0.2, 0) is 14.3 Å². The van der Waals surface area contributed by atoms with Crippen LogP contribution in [0.25, 0.3) is 0 Å². The molecule has 0 aliphatic carbocycles. The third-order valence-corrected chi connectivity index (χ3v) is 17.8. The largest absolute Gasteiger partial charge is 0.466 e. The third-order valence-electron chi connectivity index (χ3n) is 17.8. The number of hydrogen-bond acceptors (Lipinski definition) is 5. The van der Waals surface area contributed by atoms with Crippen LogP contribution >= 0.6 is 0 Å². The average molecular weight is 1140 g/mol. The normalized spacial score (nSPS) is 12.5. The number of unbranched alkanes of at least 4 members (excludes halogenated alkanes) is 58. The van der Waals surface area contributed by atoms with E-state index < -0.39 is 12.1 Å². The smallest absolute Gasteiger partial charge is 0.305 e. The van der Waals surface area contributed by atoms with Crippen LogP contribution < -0.4 is 5.32 Å². The fourth-order valence-corrected chi connectivity index (χ4v) is 12.1. The zero-order valence-electron chi connectivity index (χ0n) is 55.3. The van der Waals surface area contributed by atoms with Crippen molar-refractivity contribution in [1.82, 2.24) is 5.32 Å². The van der Waals surface area contributed by atoms with E-state index in [2.05, 4.69) is 31.3 Å². The average Bonchev–Trinajstić information content (AvgIpc) is 3.47. The molecule has 482 valence electrons. The Bertz CT molecular complexity index is 1220. The predicted octanol–water partition coefficient (Wildman–Crippen LogP) is 24.3. The summed E-state index contributed by atoms with van der Waals surface area (Å²) in [6.07, 6.45) is 88.7. The van der Waals surface area contributed by atoms with Crippen LogP contribution in [0.4, 0.5) is 0 Å². The lowest BCUT2D eigenvalue weighted by Gasteiger charge is -2.22. The van der Waals surface area contributed by atoms with Gasteiger partial charge in [-0.1, -0.05) is 379 Å². The number of ether oxygens (including phenoxy) is 1. The van der Waals surface area contributed by atoms with Crippen molar-refractivity contribution >= 4 is 11.9 Å². The van der Waals surface area contributed by atoms with Gasteiger partial charge in [0.05, 0.1) is 25.4 Å². The van der Waals surface area contributed by atoms with Crippen molar-refractivity contribution in [2.75, 3.05) is 13.2 Å². The number of carbonyl (C=O) groups excluding carboxylic acids is 2.